The van der Waals surface area contributed by atoms with Gasteiger partial charge >= 0.3 is 14.2 Å². The van der Waals surface area contributed by atoms with Crippen molar-refractivity contribution in [2.45, 2.75) is 180 Å². The molecular formula is C41H63B2O4+. The Balaban J connectivity index is 1.55. The average molecular weight is 642 g/mol. The van der Waals surface area contributed by atoms with Crippen LogP contribution in [0.4, 0.5) is 0 Å². The van der Waals surface area contributed by atoms with E-state index in [9.17, 15) is 0 Å². The standard InChI is InChI=1S/C41H63B2O4/c1-11-13-15-17-19-21-27-41(28-22-20-18-16-14-12-2)35-29-31(42-44-37(3,4)38(5,6)45-42)23-25-33(35)34-26-24-32(30-36(34)41)43-46-39(7,8)40(9,10)47-43/h23-26,29-30H,3,11-22,27-28H2,1-2,4-10H3/q+1. The summed E-state index contributed by atoms with van der Waals surface area (Å²) in [6.07, 6.45) is 17.8. The molecular weight excluding hydrogens is 578 g/mol. The third-order valence-electron chi connectivity index (χ3n) is 12.2. The lowest BCUT2D eigenvalue weighted by Gasteiger charge is -2.33. The monoisotopic (exact) mass is 641 g/mol. The van der Waals surface area contributed by atoms with Gasteiger partial charge in [0.25, 0.3) is 0 Å². The maximum atomic E-state index is 6.59. The molecule has 1 atom stereocenters. The summed E-state index contributed by atoms with van der Waals surface area (Å²) < 4.78 is 26.2. The predicted molar refractivity (Wildman–Crippen MR) is 200 cm³/mol. The fraction of sp³-hybridized carbons (Fsp3) is 0.683. The zero-order valence-corrected chi connectivity index (χ0v) is 31.4. The largest absolute Gasteiger partial charge is 0.498 e. The van der Waals surface area contributed by atoms with Crippen LogP contribution < -0.4 is 10.9 Å². The molecule has 0 bridgehead atoms. The van der Waals surface area contributed by atoms with E-state index >= 15 is 0 Å². The Bertz CT molecular complexity index is 1230. The van der Waals surface area contributed by atoms with Crippen molar-refractivity contribution in [2.75, 3.05) is 0 Å². The van der Waals surface area contributed by atoms with Gasteiger partial charge in [0, 0.05) is 12.3 Å². The SMILES string of the molecule is [CH2+]C1(C)OB(c2ccc3c(c2)C(CCCCCCCC)(CCCCCCCC)c2cc(B4OC(C)(C)C(C)(C)O4)ccc2-3)OC1(C)C. The van der Waals surface area contributed by atoms with Crippen LogP contribution in [0.25, 0.3) is 11.1 Å². The van der Waals surface area contributed by atoms with Crippen molar-refractivity contribution < 1.29 is 18.6 Å². The van der Waals surface area contributed by atoms with Gasteiger partial charge in [-0.3, -0.25) is 0 Å². The van der Waals surface area contributed by atoms with Crippen molar-refractivity contribution in [3.8, 4) is 11.1 Å². The Labute approximate surface area is 288 Å². The van der Waals surface area contributed by atoms with E-state index in [0.717, 1.165) is 23.8 Å². The second-order valence-electron chi connectivity index (χ2n) is 16.6. The molecule has 2 saturated heterocycles. The van der Waals surface area contributed by atoms with Crippen molar-refractivity contribution in [1.82, 2.24) is 0 Å². The van der Waals surface area contributed by atoms with Crippen molar-refractivity contribution in [3.05, 3.63) is 54.4 Å². The average Bonchev–Trinajstić information content (AvgIpc) is 3.50. The topological polar surface area (TPSA) is 36.9 Å². The zero-order valence-electron chi connectivity index (χ0n) is 31.4. The summed E-state index contributed by atoms with van der Waals surface area (Å²) in [7, 11) is -0.801. The first-order valence-electron chi connectivity index (χ1n) is 19.0. The van der Waals surface area contributed by atoms with Gasteiger partial charge in [-0.25, -0.2) is 0 Å². The van der Waals surface area contributed by atoms with E-state index in [-0.39, 0.29) is 23.7 Å². The van der Waals surface area contributed by atoms with Crippen LogP contribution >= 0.6 is 0 Å². The minimum absolute atomic E-state index is 0.0717. The van der Waals surface area contributed by atoms with E-state index < -0.39 is 18.3 Å². The van der Waals surface area contributed by atoms with E-state index in [1.54, 1.807) is 0 Å². The summed E-state index contributed by atoms with van der Waals surface area (Å²) in [4.78, 5) is 0. The Morgan fingerprint density at radius 1 is 0.511 bits per heavy atom. The van der Waals surface area contributed by atoms with Gasteiger partial charge in [0.2, 0.25) is 5.60 Å². The molecule has 0 spiro atoms. The highest BCUT2D eigenvalue weighted by Crippen LogP contribution is 2.54. The molecule has 6 heteroatoms. The van der Waals surface area contributed by atoms with Gasteiger partial charge in [-0.05, 0) is 87.6 Å². The molecule has 3 aliphatic rings. The second kappa shape index (κ2) is 14.3. The highest BCUT2D eigenvalue weighted by molar-refractivity contribution is 6.62. The first-order valence-corrected chi connectivity index (χ1v) is 19.0. The van der Waals surface area contributed by atoms with Crippen LogP contribution in [-0.2, 0) is 24.0 Å². The molecule has 256 valence electrons. The van der Waals surface area contributed by atoms with Gasteiger partial charge in [0.15, 0.2) is 0 Å². The van der Waals surface area contributed by atoms with Crippen LogP contribution in [0.3, 0.4) is 0 Å². The number of fused-ring (bicyclic) bond motifs is 3. The van der Waals surface area contributed by atoms with Crippen LogP contribution in [-0.4, -0.2) is 36.6 Å². The number of rotatable bonds is 16. The third kappa shape index (κ3) is 7.28. The van der Waals surface area contributed by atoms with E-state index in [4.69, 9.17) is 18.6 Å². The lowest BCUT2D eigenvalue weighted by molar-refractivity contribution is 0.00578. The lowest BCUT2D eigenvalue weighted by atomic mass is 9.67. The molecule has 2 heterocycles. The van der Waals surface area contributed by atoms with Crippen LogP contribution in [0.5, 0.6) is 0 Å². The third-order valence-corrected chi connectivity index (χ3v) is 12.2. The minimum atomic E-state index is -0.620. The Kier molecular flexibility index (Phi) is 11.1. The lowest BCUT2D eigenvalue weighted by Crippen LogP contribution is -2.42. The fourth-order valence-electron chi connectivity index (χ4n) is 7.81. The first kappa shape index (κ1) is 36.6. The molecule has 4 nitrogen and oxygen atoms in total. The van der Waals surface area contributed by atoms with E-state index in [1.165, 1.54) is 99.3 Å². The summed E-state index contributed by atoms with van der Waals surface area (Å²) in [5.74, 6) is 0. The first-order chi connectivity index (χ1) is 22.2. The summed E-state index contributed by atoms with van der Waals surface area (Å²) in [6, 6.07) is 14.0. The molecule has 2 aromatic rings. The quantitative estimate of drug-likeness (QED) is 0.104. The van der Waals surface area contributed by atoms with Crippen LogP contribution in [0, 0.1) is 6.92 Å². The van der Waals surface area contributed by atoms with E-state index in [2.05, 4.69) is 98.7 Å². The molecule has 0 amide bonds. The highest BCUT2D eigenvalue weighted by atomic mass is 16.7. The Morgan fingerprint density at radius 3 is 1.30 bits per heavy atom. The Hall–Kier alpha value is -1.72. The number of benzene rings is 2. The van der Waals surface area contributed by atoms with Crippen molar-refractivity contribution >= 4 is 25.2 Å². The summed E-state index contributed by atoms with van der Waals surface area (Å²) in [5.41, 5.74) is 5.92. The van der Waals surface area contributed by atoms with Gasteiger partial charge < -0.3 is 18.6 Å². The molecule has 2 fully saturated rings. The molecule has 0 aromatic heterocycles. The van der Waals surface area contributed by atoms with E-state index in [1.807, 2.05) is 6.92 Å². The normalized spacial score (nSPS) is 23.3. The van der Waals surface area contributed by atoms with Gasteiger partial charge in [0.1, 0.15) is 5.60 Å². The molecule has 0 radical (unpaired) electrons. The molecule has 1 unspecified atom stereocenters. The van der Waals surface area contributed by atoms with Gasteiger partial charge in [-0.15, -0.1) is 0 Å². The second-order valence-corrected chi connectivity index (χ2v) is 16.6. The summed E-state index contributed by atoms with van der Waals surface area (Å²) >= 11 is 0. The van der Waals surface area contributed by atoms with Crippen molar-refractivity contribution in [2.24, 2.45) is 0 Å². The summed E-state index contributed by atoms with van der Waals surface area (Å²) in [6.45, 7) is 23.7. The molecule has 0 N–H and O–H groups in total. The van der Waals surface area contributed by atoms with Crippen molar-refractivity contribution in [3.63, 3.8) is 0 Å². The maximum absolute atomic E-state index is 6.59. The molecule has 47 heavy (non-hydrogen) atoms. The highest BCUT2D eigenvalue weighted by Gasteiger charge is 2.58. The van der Waals surface area contributed by atoms with Crippen molar-refractivity contribution in [1.29, 1.82) is 0 Å². The molecule has 2 aromatic carbocycles. The fourth-order valence-corrected chi connectivity index (χ4v) is 7.81. The van der Waals surface area contributed by atoms with Gasteiger partial charge in [0.05, 0.1) is 18.1 Å². The zero-order chi connectivity index (χ0) is 34.1. The Morgan fingerprint density at radius 2 is 0.894 bits per heavy atom. The minimum Gasteiger partial charge on any atom is -0.399 e. The van der Waals surface area contributed by atoms with Crippen LogP contribution in [0.2, 0.25) is 0 Å². The molecule has 2 aliphatic heterocycles. The smallest absolute Gasteiger partial charge is 0.399 e. The van der Waals surface area contributed by atoms with Gasteiger partial charge in [-0.1, -0.05) is 127 Å². The van der Waals surface area contributed by atoms with Crippen LogP contribution in [0.1, 0.15) is 163 Å². The van der Waals surface area contributed by atoms with E-state index in [0.29, 0.717) is 0 Å². The van der Waals surface area contributed by atoms with Crippen LogP contribution in [0.15, 0.2) is 36.4 Å². The molecule has 1 aliphatic carbocycles. The number of hydrogen-bond donors (Lipinski definition) is 0. The number of unbranched alkanes of at least 4 members (excludes halogenated alkanes) is 10. The molecule has 5 rings (SSSR count). The predicted octanol–water partition coefficient (Wildman–Crippen LogP) is 9.87. The summed E-state index contributed by atoms with van der Waals surface area (Å²) in [5, 5.41) is 0. The molecule has 0 saturated carbocycles. The maximum Gasteiger partial charge on any atom is 0.498 e. The van der Waals surface area contributed by atoms with Gasteiger partial charge in [-0.2, -0.15) is 0 Å². The number of hydrogen-bond acceptors (Lipinski definition) is 4.